The van der Waals surface area contributed by atoms with Gasteiger partial charge in [-0.15, -0.1) is 0 Å². The van der Waals surface area contributed by atoms with Crippen LogP contribution in [0.25, 0.3) is 5.57 Å². The number of rotatable bonds is 8. The van der Waals surface area contributed by atoms with E-state index in [4.69, 9.17) is 15.1 Å². The molecule has 3 aliphatic rings. The highest BCUT2D eigenvalue weighted by Crippen LogP contribution is 2.46. The number of aliphatic hydroxyl groups is 1. The summed E-state index contributed by atoms with van der Waals surface area (Å²) in [5, 5.41) is 18.5. The van der Waals surface area contributed by atoms with E-state index in [-0.39, 0.29) is 17.1 Å². The van der Waals surface area contributed by atoms with Gasteiger partial charge in [-0.25, -0.2) is 0 Å². The Kier molecular flexibility index (Phi) is 7.85. The standard InChI is InChI=1S/C30H43N3O2/c1-6-25-14-23(12-13-30(25,4)19-35-5)26-18-33(17-22-10-8-7-9-11-22)27-15-24(16-32-29(26)27)28(20(2)31)21(3)34/h12,14-16,22,26,31,34H,6-11,13,17-19H2,1-5H3/b28-21+,31-20?. The van der Waals surface area contributed by atoms with Gasteiger partial charge in [-0.05, 0) is 57.1 Å². The molecule has 0 aromatic carbocycles. The largest absolute Gasteiger partial charge is 0.512 e. The summed E-state index contributed by atoms with van der Waals surface area (Å²) in [6.07, 6.45) is 15.4. The number of anilines is 1. The summed E-state index contributed by atoms with van der Waals surface area (Å²) in [7, 11) is 1.79. The lowest BCUT2D eigenvalue weighted by Gasteiger charge is -2.35. The van der Waals surface area contributed by atoms with Crippen molar-refractivity contribution in [2.45, 2.75) is 78.6 Å². The number of ether oxygens (including phenoxy) is 1. The number of pyridine rings is 1. The first-order valence-electron chi connectivity index (χ1n) is 13.4. The molecule has 5 heteroatoms. The van der Waals surface area contributed by atoms with Crippen molar-refractivity contribution in [1.29, 1.82) is 5.41 Å². The van der Waals surface area contributed by atoms with Gasteiger partial charge in [0.05, 0.1) is 23.7 Å². The number of nitrogens with zero attached hydrogens (tertiary/aromatic N) is 2. The molecule has 0 saturated heterocycles. The van der Waals surface area contributed by atoms with Crippen LogP contribution in [0.1, 0.15) is 89.8 Å². The van der Waals surface area contributed by atoms with E-state index in [1.54, 1.807) is 21.0 Å². The monoisotopic (exact) mass is 477 g/mol. The molecule has 2 unspecified atom stereocenters. The second-order valence-electron chi connectivity index (χ2n) is 11.1. The average Bonchev–Trinajstić information content (AvgIpc) is 3.17. The number of aromatic nitrogens is 1. The van der Waals surface area contributed by atoms with Gasteiger partial charge in [0, 0.05) is 54.6 Å². The summed E-state index contributed by atoms with van der Waals surface area (Å²) in [6.45, 7) is 10.7. The number of hydrogen-bond acceptors (Lipinski definition) is 5. The Morgan fingerprint density at radius 1 is 1.26 bits per heavy atom. The minimum Gasteiger partial charge on any atom is -0.512 e. The third-order valence-electron chi connectivity index (χ3n) is 8.35. The number of fused-ring (bicyclic) bond motifs is 1. The number of nitrogens with one attached hydrogen (secondary N) is 1. The molecule has 1 aromatic heterocycles. The van der Waals surface area contributed by atoms with E-state index in [9.17, 15) is 5.11 Å². The lowest BCUT2D eigenvalue weighted by molar-refractivity contribution is 0.114. The van der Waals surface area contributed by atoms with E-state index < -0.39 is 0 Å². The molecule has 2 heterocycles. The molecule has 2 aliphatic carbocycles. The van der Waals surface area contributed by atoms with Crippen LogP contribution in [0.2, 0.25) is 0 Å². The van der Waals surface area contributed by atoms with Crippen LogP contribution >= 0.6 is 0 Å². The van der Waals surface area contributed by atoms with Crippen molar-refractivity contribution in [2.75, 3.05) is 31.7 Å². The smallest absolute Gasteiger partial charge is 0.0988 e. The zero-order chi connectivity index (χ0) is 25.2. The maximum atomic E-state index is 10.3. The maximum Gasteiger partial charge on any atom is 0.0988 e. The van der Waals surface area contributed by atoms with Gasteiger partial charge >= 0.3 is 0 Å². The van der Waals surface area contributed by atoms with Crippen molar-refractivity contribution in [2.24, 2.45) is 11.3 Å². The van der Waals surface area contributed by atoms with Crippen LogP contribution in [0.4, 0.5) is 5.69 Å². The van der Waals surface area contributed by atoms with E-state index in [0.29, 0.717) is 11.3 Å². The van der Waals surface area contributed by atoms with E-state index in [1.807, 2.05) is 6.20 Å². The van der Waals surface area contributed by atoms with Gasteiger partial charge in [0.15, 0.2) is 0 Å². The highest BCUT2D eigenvalue weighted by Gasteiger charge is 2.37. The topological polar surface area (TPSA) is 69.4 Å². The van der Waals surface area contributed by atoms with Crippen LogP contribution in [0.15, 0.2) is 41.3 Å². The van der Waals surface area contributed by atoms with Crippen LogP contribution in [-0.4, -0.2) is 42.6 Å². The van der Waals surface area contributed by atoms with Crippen LogP contribution in [-0.2, 0) is 4.74 Å². The zero-order valence-electron chi connectivity index (χ0n) is 22.3. The predicted molar refractivity (Wildman–Crippen MR) is 145 cm³/mol. The molecule has 1 aliphatic heterocycles. The summed E-state index contributed by atoms with van der Waals surface area (Å²) < 4.78 is 5.58. The third kappa shape index (κ3) is 5.25. The molecule has 5 nitrogen and oxygen atoms in total. The molecule has 1 saturated carbocycles. The minimum absolute atomic E-state index is 0.0628. The van der Waals surface area contributed by atoms with Crippen molar-refractivity contribution in [3.63, 3.8) is 0 Å². The van der Waals surface area contributed by atoms with E-state index in [1.165, 1.54) is 48.9 Å². The maximum absolute atomic E-state index is 10.3. The molecule has 2 N–H and O–H groups in total. The predicted octanol–water partition coefficient (Wildman–Crippen LogP) is 7.21. The molecule has 1 aromatic rings. The van der Waals surface area contributed by atoms with Crippen molar-refractivity contribution in [3.8, 4) is 0 Å². The fourth-order valence-electron chi connectivity index (χ4n) is 6.49. The molecule has 4 rings (SSSR count). The van der Waals surface area contributed by atoms with Crippen LogP contribution in [0.3, 0.4) is 0 Å². The van der Waals surface area contributed by atoms with Crippen molar-refractivity contribution >= 4 is 17.0 Å². The summed E-state index contributed by atoms with van der Waals surface area (Å²) >= 11 is 0. The van der Waals surface area contributed by atoms with Crippen LogP contribution in [0.5, 0.6) is 0 Å². The molecule has 1 fully saturated rings. The SMILES string of the molecule is CCC1=CC(C2CN(CC3CCCCC3)c3cc(/C(C(C)=N)=C(\C)O)cnc32)=CCC1(C)COC. The molecule has 0 bridgehead atoms. The number of hydrogen-bond donors (Lipinski definition) is 2. The second-order valence-corrected chi connectivity index (χ2v) is 11.1. The quantitative estimate of drug-likeness (QED) is 0.306. The van der Waals surface area contributed by atoms with Crippen LogP contribution < -0.4 is 4.90 Å². The molecule has 2 atom stereocenters. The Hall–Kier alpha value is -2.40. The first-order valence-corrected chi connectivity index (χ1v) is 13.4. The summed E-state index contributed by atoms with van der Waals surface area (Å²) in [4.78, 5) is 7.53. The lowest BCUT2D eigenvalue weighted by Crippen LogP contribution is -2.31. The van der Waals surface area contributed by atoms with Gasteiger partial charge in [-0.2, -0.15) is 0 Å². The fraction of sp³-hybridized carbons (Fsp3) is 0.600. The zero-order valence-corrected chi connectivity index (χ0v) is 22.3. The Labute approximate surface area is 211 Å². The van der Waals surface area contributed by atoms with Crippen molar-refractivity contribution in [1.82, 2.24) is 4.98 Å². The summed E-state index contributed by atoms with van der Waals surface area (Å²) in [5.74, 6) is 1.15. The minimum atomic E-state index is 0.0628. The highest BCUT2D eigenvalue weighted by molar-refractivity contribution is 6.21. The molecule has 0 amide bonds. The fourth-order valence-corrected chi connectivity index (χ4v) is 6.49. The van der Waals surface area contributed by atoms with Gasteiger partial charge in [0.25, 0.3) is 0 Å². The van der Waals surface area contributed by atoms with E-state index >= 15 is 0 Å². The molecular weight excluding hydrogens is 434 g/mol. The molecule has 35 heavy (non-hydrogen) atoms. The normalized spacial score (nSPS) is 25.6. The average molecular weight is 478 g/mol. The number of methoxy groups -OCH3 is 1. The molecule has 0 radical (unpaired) electrons. The van der Waals surface area contributed by atoms with Crippen molar-refractivity contribution < 1.29 is 9.84 Å². The summed E-state index contributed by atoms with van der Waals surface area (Å²) in [6, 6.07) is 2.17. The molecular formula is C30H43N3O2. The Bertz CT molecular complexity index is 1040. The Balaban J connectivity index is 1.71. The van der Waals surface area contributed by atoms with E-state index in [0.717, 1.165) is 49.7 Å². The van der Waals surface area contributed by atoms with Crippen molar-refractivity contribution in [3.05, 3.63) is 52.6 Å². The van der Waals surface area contributed by atoms with Gasteiger partial charge in [0.2, 0.25) is 0 Å². The van der Waals surface area contributed by atoms with E-state index in [2.05, 4.69) is 37.0 Å². The van der Waals surface area contributed by atoms with Gasteiger partial charge < -0.3 is 20.2 Å². The summed E-state index contributed by atoms with van der Waals surface area (Å²) in [5.41, 5.74) is 6.99. The van der Waals surface area contributed by atoms with Gasteiger partial charge in [-0.3, -0.25) is 4.98 Å². The number of allylic oxidation sites excluding steroid dienone is 4. The third-order valence-corrected chi connectivity index (χ3v) is 8.35. The van der Waals surface area contributed by atoms with Gasteiger partial charge in [-0.1, -0.05) is 50.8 Å². The second kappa shape index (κ2) is 10.7. The number of aliphatic hydroxyl groups excluding tert-OH is 1. The Morgan fingerprint density at radius 3 is 2.63 bits per heavy atom. The Morgan fingerprint density at radius 2 is 2.00 bits per heavy atom. The first kappa shape index (κ1) is 25.7. The van der Waals surface area contributed by atoms with Gasteiger partial charge in [0.1, 0.15) is 0 Å². The van der Waals surface area contributed by atoms with Crippen LogP contribution in [0, 0.1) is 16.7 Å². The highest BCUT2D eigenvalue weighted by atomic mass is 16.5. The molecule has 190 valence electrons. The first-order chi connectivity index (χ1) is 16.8. The lowest BCUT2D eigenvalue weighted by atomic mass is 9.72. The molecule has 0 spiro atoms.